The standard InChI is InChI=1S/C21H23N3O4S/c1-14-7-9-19(10-8-14)29(27,28)23-18-6-4-5-17(11-18)13-24-16(3)20(12-21(25)26)15(2)22-24/h4-11,23H,12-13H2,1-3H3,(H,25,26). The van der Waals surface area contributed by atoms with Crippen LogP contribution in [0.15, 0.2) is 53.4 Å². The number of nitrogens with one attached hydrogen (secondary N) is 1. The SMILES string of the molecule is Cc1ccc(S(=O)(=O)Nc2cccc(Cn3nc(C)c(CC(=O)O)c3C)c2)cc1. The number of anilines is 1. The first-order valence-corrected chi connectivity index (χ1v) is 10.6. The number of carbonyl (C=O) groups is 1. The largest absolute Gasteiger partial charge is 0.481 e. The Morgan fingerprint density at radius 3 is 2.45 bits per heavy atom. The van der Waals surface area contributed by atoms with Gasteiger partial charge in [-0.05, 0) is 50.6 Å². The van der Waals surface area contributed by atoms with Gasteiger partial charge in [0.1, 0.15) is 0 Å². The molecule has 0 unspecified atom stereocenters. The molecule has 0 amide bonds. The second-order valence-corrected chi connectivity index (χ2v) is 8.68. The van der Waals surface area contributed by atoms with Crippen LogP contribution >= 0.6 is 0 Å². The maximum Gasteiger partial charge on any atom is 0.307 e. The summed E-state index contributed by atoms with van der Waals surface area (Å²) in [7, 11) is -3.68. The summed E-state index contributed by atoms with van der Waals surface area (Å²) in [5.74, 6) is -0.900. The van der Waals surface area contributed by atoms with Crippen LogP contribution < -0.4 is 4.72 Å². The van der Waals surface area contributed by atoms with Crippen molar-refractivity contribution in [1.29, 1.82) is 0 Å². The number of aromatic nitrogens is 2. The van der Waals surface area contributed by atoms with Crippen molar-refractivity contribution < 1.29 is 18.3 Å². The van der Waals surface area contributed by atoms with E-state index in [4.69, 9.17) is 5.11 Å². The van der Waals surface area contributed by atoms with Crippen molar-refractivity contribution in [1.82, 2.24) is 9.78 Å². The van der Waals surface area contributed by atoms with Crippen molar-refractivity contribution in [3.63, 3.8) is 0 Å². The van der Waals surface area contributed by atoms with Gasteiger partial charge in [-0.3, -0.25) is 14.2 Å². The number of nitrogens with zero attached hydrogens (tertiary/aromatic N) is 2. The Kier molecular flexibility index (Phi) is 5.74. The highest BCUT2D eigenvalue weighted by molar-refractivity contribution is 7.92. The molecule has 0 saturated carbocycles. The Hall–Kier alpha value is -3.13. The van der Waals surface area contributed by atoms with Gasteiger partial charge >= 0.3 is 5.97 Å². The van der Waals surface area contributed by atoms with Gasteiger partial charge in [-0.15, -0.1) is 0 Å². The summed E-state index contributed by atoms with van der Waals surface area (Å²) in [6, 6.07) is 13.7. The van der Waals surface area contributed by atoms with E-state index >= 15 is 0 Å². The van der Waals surface area contributed by atoms with Crippen LogP contribution in [-0.2, 0) is 27.8 Å². The van der Waals surface area contributed by atoms with Gasteiger partial charge in [0.05, 0.1) is 23.6 Å². The average molecular weight is 413 g/mol. The van der Waals surface area contributed by atoms with E-state index in [-0.39, 0.29) is 11.3 Å². The topological polar surface area (TPSA) is 101 Å². The zero-order valence-electron chi connectivity index (χ0n) is 16.5. The molecular formula is C21H23N3O4S. The molecule has 0 aliphatic heterocycles. The number of carboxylic acids is 1. The van der Waals surface area contributed by atoms with E-state index in [2.05, 4.69) is 9.82 Å². The van der Waals surface area contributed by atoms with Gasteiger partial charge < -0.3 is 5.11 Å². The van der Waals surface area contributed by atoms with Crippen molar-refractivity contribution in [2.45, 2.75) is 38.6 Å². The molecule has 0 fully saturated rings. The van der Waals surface area contributed by atoms with Crippen LogP contribution in [0.1, 0.15) is 28.1 Å². The molecule has 3 rings (SSSR count). The lowest BCUT2D eigenvalue weighted by molar-refractivity contribution is -0.136. The number of carboxylic acid groups (broad SMARTS) is 1. The monoisotopic (exact) mass is 413 g/mol. The van der Waals surface area contributed by atoms with Crippen LogP contribution in [0.25, 0.3) is 0 Å². The summed E-state index contributed by atoms with van der Waals surface area (Å²) in [6.45, 7) is 5.93. The number of aliphatic carboxylic acids is 1. The predicted molar refractivity (Wildman–Crippen MR) is 111 cm³/mol. The van der Waals surface area contributed by atoms with Gasteiger partial charge in [-0.25, -0.2) is 8.42 Å². The molecule has 0 saturated heterocycles. The lowest BCUT2D eigenvalue weighted by Gasteiger charge is -2.11. The normalized spacial score (nSPS) is 11.4. The fraction of sp³-hybridized carbons (Fsp3) is 0.238. The zero-order chi connectivity index (χ0) is 21.2. The zero-order valence-corrected chi connectivity index (χ0v) is 17.3. The number of aryl methyl sites for hydroxylation is 2. The van der Waals surface area contributed by atoms with Crippen LogP contribution in [0, 0.1) is 20.8 Å². The summed E-state index contributed by atoms with van der Waals surface area (Å²) < 4.78 is 29.5. The highest BCUT2D eigenvalue weighted by atomic mass is 32.2. The average Bonchev–Trinajstić information content (AvgIpc) is 2.89. The number of benzene rings is 2. The smallest absolute Gasteiger partial charge is 0.307 e. The molecule has 152 valence electrons. The maximum absolute atomic E-state index is 12.6. The molecule has 0 atom stereocenters. The molecule has 0 aliphatic carbocycles. The number of sulfonamides is 1. The van der Waals surface area contributed by atoms with E-state index in [0.29, 0.717) is 23.5 Å². The summed E-state index contributed by atoms with van der Waals surface area (Å²) >= 11 is 0. The summed E-state index contributed by atoms with van der Waals surface area (Å²) in [5, 5.41) is 13.5. The molecule has 0 aliphatic rings. The van der Waals surface area contributed by atoms with Crippen molar-refractivity contribution in [2.75, 3.05) is 4.72 Å². The Morgan fingerprint density at radius 1 is 1.10 bits per heavy atom. The molecule has 3 aromatic rings. The highest BCUT2D eigenvalue weighted by Crippen LogP contribution is 2.20. The third kappa shape index (κ3) is 4.83. The van der Waals surface area contributed by atoms with E-state index in [1.165, 1.54) is 0 Å². The highest BCUT2D eigenvalue weighted by Gasteiger charge is 2.16. The minimum atomic E-state index is -3.68. The van der Waals surface area contributed by atoms with Gasteiger partial charge in [-0.1, -0.05) is 29.8 Å². The second-order valence-electron chi connectivity index (χ2n) is 7.00. The van der Waals surface area contributed by atoms with E-state index in [1.807, 2.05) is 19.9 Å². The Bertz CT molecular complexity index is 1150. The van der Waals surface area contributed by atoms with Crippen molar-refractivity contribution in [2.24, 2.45) is 0 Å². The van der Waals surface area contributed by atoms with E-state index < -0.39 is 16.0 Å². The Balaban J connectivity index is 1.82. The third-order valence-electron chi connectivity index (χ3n) is 4.70. The lowest BCUT2D eigenvalue weighted by Crippen LogP contribution is -2.13. The van der Waals surface area contributed by atoms with Gasteiger partial charge in [-0.2, -0.15) is 5.10 Å². The van der Waals surface area contributed by atoms with E-state index in [9.17, 15) is 13.2 Å². The molecule has 1 heterocycles. The van der Waals surface area contributed by atoms with Crippen LogP contribution in [0.3, 0.4) is 0 Å². The fourth-order valence-electron chi connectivity index (χ4n) is 3.13. The van der Waals surface area contributed by atoms with Crippen molar-refractivity contribution >= 4 is 21.7 Å². The molecule has 29 heavy (non-hydrogen) atoms. The molecule has 8 heteroatoms. The summed E-state index contributed by atoms with van der Waals surface area (Å²) in [4.78, 5) is 11.3. The second kappa shape index (κ2) is 8.08. The minimum Gasteiger partial charge on any atom is -0.481 e. The molecule has 0 spiro atoms. The quantitative estimate of drug-likeness (QED) is 0.619. The Labute approximate surface area is 170 Å². The molecule has 7 nitrogen and oxygen atoms in total. The first-order valence-electron chi connectivity index (χ1n) is 9.09. The van der Waals surface area contributed by atoms with Crippen LogP contribution in [0.5, 0.6) is 0 Å². The lowest BCUT2D eigenvalue weighted by atomic mass is 10.1. The maximum atomic E-state index is 12.6. The van der Waals surface area contributed by atoms with E-state index in [0.717, 1.165) is 16.8 Å². The van der Waals surface area contributed by atoms with Crippen LogP contribution in [0.4, 0.5) is 5.69 Å². The first kappa shape index (κ1) is 20.6. The number of rotatable bonds is 7. The van der Waals surface area contributed by atoms with Crippen LogP contribution in [0.2, 0.25) is 0 Å². The molecule has 1 aromatic heterocycles. The van der Waals surface area contributed by atoms with Crippen molar-refractivity contribution in [3.8, 4) is 0 Å². The molecule has 0 bridgehead atoms. The summed E-state index contributed by atoms with van der Waals surface area (Å²) in [6.07, 6.45) is -0.0753. The first-order chi connectivity index (χ1) is 13.7. The molecular weight excluding hydrogens is 390 g/mol. The minimum absolute atomic E-state index is 0.0753. The van der Waals surface area contributed by atoms with Crippen molar-refractivity contribution in [3.05, 3.63) is 76.6 Å². The number of hydrogen-bond donors (Lipinski definition) is 2. The van der Waals surface area contributed by atoms with E-state index in [1.54, 1.807) is 54.1 Å². The third-order valence-corrected chi connectivity index (χ3v) is 6.10. The van der Waals surface area contributed by atoms with Gasteiger partial charge in [0, 0.05) is 16.9 Å². The molecule has 0 radical (unpaired) electrons. The summed E-state index contributed by atoms with van der Waals surface area (Å²) in [5.41, 5.74) is 4.46. The molecule has 2 N–H and O–H groups in total. The molecule has 2 aromatic carbocycles. The van der Waals surface area contributed by atoms with Crippen LogP contribution in [-0.4, -0.2) is 29.3 Å². The predicted octanol–water partition coefficient (Wildman–Crippen LogP) is 3.28. The van der Waals surface area contributed by atoms with Gasteiger partial charge in [0.15, 0.2) is 0 Å². The fourth-order valence-corrected chi connectivity index (χ4v) is 4.18. The Morgan fingerprint density at radius 2 is 1.79 bits per heavy atom. The number of hydrogen-bond acceptors (Lipinski definition) is 4. The van der Waals surface area contributed by atoms with Gasteiger partial charge in [0.2, 0.25) is 0 Å². The van der Waals surface area contributed by atoms with Gasteiger partial charge in [0.25, 0.3) is 10.0 Å².